The van der Waals surface area contributed by atoms with Crippen LogP contribution < -0.4 is 11.1 Å². The number of nitrogens with one attached hydrogen (secondary N) is 1. The Bertz CT molecular complexity index is 457. The van der Waals surface area contributed by atoms with Crippen molar-refractivity contribution in [2.24, 2.45) is 11.7 Å². The maximum Gasteiger partial charge on any atom is 0.229 e. The number of hydrogen-bond donors (Lipinski definition) is 2. The number of nitrogens with two attached hydrogens (primary N) is 1. The van der Waals surface area contributed by atoms with Crippen LogP contribution in [0, 0.1) is 12.8 Å². The Labute approximate surface area is 125 Å². The summed E-state index contributed by atoms with van der Waals surface area (Å²) in [5.74, 6) is -0.116. The summed E-state index contributed by atoms with van der Waals surface area (Å²) in [5.41, 5.74) is 8.50. The van der Waals surface area contributed by atoms with E-state index in [1.54, 1.807) is 11.3 Å². The lowest BCUT2D eigenvalue weighted by atomic mass is 9.96. The molecule has 1 amide bonds. The van der Waals surface area contributed by atoms with E-state index < -0.39 is 0 Å². The Kier molecular flexibility index (Phi) is 5.83. The van der Waals surface area contributed by atoms with Gasteiger partial charge in [0.15, 0.2) is 0 Å². The minimum Gasteiger partial charge on any atom is -0.327 e. The number of amides is 1. The van der Waals surface area contributed by atoms with Gasteiger partial charge in [0.2, 0.25) is 5.91 Å². The molecular formula is C14H23ClN2OS. The fourth-order valence-corrected chi connectivity index (χ4v) is 3.61. The highest BCUT2D eigenvalue weighted by molar-refractivity contribution is 7.16. The topological polar surface area (TPSA) is 55.1 Å². The first-order valence-corrected chi connectivity index (χ1v) is 7.50. The molecule has 2 unspecified atom stereocenters. The van der Waals surface area contributed by atoms with E-state index in [-0.39, 0.29) is 30.3 Å². The standard InChI is InChI=1S/C14H22N2OS.ClH/c1-8(10(3)15)13(17)16-14-9(2)11-6-4-5-7-12(11)18-14;/h8,10H,4-7,15H2,1-3H3,(H,16,17);1H. The molecule has 1 aromatic heterocycles. The van der Waals surface area contributed by atoms with Crippen molar-refractivity contribution in [2.45, 2.75) is 52.5 Å². The number of halogens is 1. The maximum atomic E-state index is 12.0. The molecule has 3 N–H and O–H groups in total. The minimum atomic E-state index is -0.150. The van der Waals surface area contributed by atoms with Gasteiger partial charge in [-0.25, -0.2) is 0 Å². The van der Waals surface area contributed by atoms with E-state index in [9.17, 15) is 4.79 Å². The number of rotatable bonds is 3. The third-order valence-electron chi connectivity index (χ3n) is 3.87. The molecule has 2 atom stereocenters. The van der Waals surface area contributed by atoms with Gasteiger partial charge in [-0.3, -0.25) is 4.79 Å². The van der Waals surface area contributed by atoms with Gasteiger partial charge < -0.3 is 11.1 Å². The van der Waals surface area contributed by atoms with Crippen molar-refractivity contribution >= 4 is 34.7 Å². The largest absolute Gasteiger partial charge is 0.327 e. The van der Waals surface area contributed by atoms with Crippen LogP contribution in [0.25, 0.3) is 0 Å². The highest BCUT2D eigenvalue weighted by Crippen LogP contribution is 2.37. The number of carbonyl (C=O) groups excluding carboxylic acids is 1. The third kappa shape index (κ3) is 3.50. The third-order valence-corrected chi connectivity index (χ3v) is 5.18. The van der Waals surface area contributed by atoms with Gasteiger partial charge in [-0.2, -0.15) is 0 Å². The normalized spacial score (nSPS) is 17.1. The molecule has 1 aliphatic carbocycles. The van der Waals surface area contributed by atoms with Gasteiger partial charge in [0.05, 0.1) is 10.9 Å². The zero-order valence-electron chi connectivity index (χ0n) is 11.8. The van der Waals surface area contributed by atoms with Gasteiger partial charge in [0.1, 0.15) is 0 Å². The summed E-state index contributed by atoms with van der Waals surface area (Å²) >= 11 is 1.75. The van der Waals surface area contributed by atoms with Crippen molar-refractivity contribution in [3.8, 4) is 0 Å². The summed E-state index contributed by atoms with van der Waals surface area (Å²) < 4.78 is 0. The van der Waals surface area contributed by atoms with Crippen molar-refractivity contribution in [3.63, 3.8) is 0 Å². The predicted molar refractivity (Wildman–Crippen MR) is 84.4 cm³/mol. The second-order valence-electron chi connectivity index (χ2n) is 5.30. The zero-order valence-corrected chi connectivity index (χ0v) is 13.4. The lowest BCUT2D eigenvalue weighted by Gasteiger charge is -2.15. The summed E-state index contributed by atoms with van der Waals surface area (Å²) in [6, 6.07) is -0.111. The van der Waals surface area contributed by atoms with E-state index in [1.165, 1.54) is 35.3 Å². The molecule has 1 heterocycles. The molecule has 19 heavy (non-hydrogen) atoms. The first-order valence-electron chi connectivity index (χ1n) is 6.68. The summed E-state index contributed by atoms with van der Waals surface area (Å²) in [6.45, 7) is 5.87. The van der Waals surface area contributed by atoms with Crippen LogP contribution in [-0.4, -0.2) is 11.9 Å². The molecule has 5 heteroatoms. The van der Waals surface area contributed by atoms with Crippen molar-refractivity contribution in [1.29, 1.82) is 0 Å². The van der Waals surface area contributed by atoms with Crippen molar-refractivity contribution < 1.29 is 4.79 Å². The fraction of sp³-hybridized carbons (Fsp3) is 0.643. The van der Waals surface area contributed by atoms with Crippen LogP contribution in [0.1, 0.15) is 42.7 Å². The Morgan fingerprint density at radius 1 is 1.32 bits per heavy atom. The van der Waals surface area contributed by atoms with Crippen LogP contribution in [0.4, 0.5) is 5.00 Å². The highest BCUT2D eigenvalue weighted by atomic mass is 35.5. The molecule has 0 saturated heterocycles. The number of fused-ring (bicyclic) bond motifs is 1. The van der Waals surface area contributed by atoms with Crippen LogP contribution in [-0.2, 0) is 17.6 Å². The van der Waals surface area contributed by atoms with Crippen LogP contribution >= 0.6 is 23.7 Å². The number of aryl methyl sites for hydroxylation is 1. The molecule has 0 radical (unpaired) electrons. The predicted octanol–water partition coefficient (Wildman–Crippen LogP) is 3.28. The van der Waals surface area contributed by atoms with Gasteiger partial charge in [-0.15, -0.1) is 23.7 Å². The van der Waals surface area contributed by atoms with Crippen molar-refractivity contribution in [1.82, 2.24) is 0 Å². The lowest BCUT2D eigenvalue weighted by molar-refractivity contribution is -0.119. The molecule has 108 valence electrons. The van der Waals surface area contributed by atoms with E-state index in [0.29, 0.717) is 0 Å². The molecule has 0 fully saturated rings. The summed E-state index contributed by atoms with van der Waals surface area (Å²) in [4.78, 5) is 13.5. The Morgan fingerprint density at radius 2 is 1.95 bits per heavy atom. The first kappa shape index (κ1) is 16.5. The van der Waals surface area contributed by atoms with Gasteiger partial charge in [0.25, 0.3) is 0 Å². The molecule has 0 aliphatic heterocycles. The Morgan fingerprint density at radius 3 is 2.53 bits per heavy atom. The number of hydrogen-bond acceptors (Lipinski definition) is 3. The van der Waals surface area contributed by atoms with E-state index in [4.69, 9.17) is 5.73 Å². The second kappa shape index (κ2) is 6.73. The Hall–Kier alpha value is -0.580. The molecule has 2 rings (SSSR count). The van der Waals surface area contributed by atoms with Gasteiger partial charge in [-0.1, -0.05) is 6.92 Å². The highest BCUT2D eigenvalue weighted by Gasteiger charge is 2.22. The number of anilines is 1. The maximum absolute atomic E-state index is 12.0. The molecule has 0 spiro atoms. The smallest absolute Gasteiger partial charge is 0.229 e. The molecule has 3 nitrogen and oxygen atoms in total. The minimum absolute atomic E-state index is 0. The molecule has 1 aromatic rings. The van der Waals surface area contributed by atoms with Gasteiger partial charge in [-0.05, 0) is 50.7 Å². The van der Waals surface area contributed by atoms with Crippen molar-refractivity contribution in [3.05, 3.63) is 16.0 Å². The second-order valence-corrected chi connectivity index (χ2v) is 6.41. The van der Waals surface area contributed by atoms with Crippen LogP contribution in [0.5, 0.6) is 0 Å². The molecule has 0 bridgehead atoms. The number of thiophene rings is 1. The van der Waals surface area contributed by atoms with E-state index >= 15 is 0 Å². The van der Waals surface area contributed by atoms with Crippen molar-refractivity contribution in [2.75, 3.05) is 5.32 Å². The SMILES string of the molecule is Cc1c(NC(=O)C(C)C(C)N)sc2c1CCCC2.Cl. The van der Waals surface area contributed by atoms with Gasteiger partial charge in [0, 0.05) is 10.9 Å². The average Bonchev–Trinajstić information content (AvgIpc) is 2.66. The monoisotopic (exact) mass is 302 g/mol. The fourth-order valence-electron chi connectivity index (χ4n) is 2.31. The lowest BCUT2D eigenvalue weighted by Crippen LogP contribution is -2.34. The van der Waals surface area contributed by atoms with Gasteiger partial charge >= 0.3 is 0 Å². The molecular weight excluding hydrogens is 280 g/mol. The van der Waals surface area contributed by atoms with E-state index in [0.717, 1.165) is 11.4 Å². The summed E-state index contributed by atoms with van der Waals surface area (Å²) in [6.07, 6.45) is 4.88. The van der Waals surface area contributed by atoms with E-state index in [2.05, 4.69) is 12.2 Å². The van der Waals surface area contributed by atoms with Crippen LogP contribution in [0.2, 0.25) is 0 Å². The Balaban J connectivity index is 0.00000180. The molecule has 0 aromatic carbocycles. The van der Waals surface area contributed by atoms with E-state index in [1.807, 2.05) is 13.8 Å². The van der Waals surface area contributed by atoms with Crippen LogP contribution in [0.15, 0.2) is 0 Å². The van der Waals surface area contributed by atoms with Crippen LogP contribution in [0.3, 0.4) is 0 Å². The molecule has 1 aliphatic rings. The quantitative estimate of drug-likeness (QED) is 0.900. The average molecular weight is 303 g/mol. The molecule has 0 saturated carbocycles. The summed E-state index contributed by atoms with van der Waals surface area (Å²) in [5, 5.41) is 4.08. The first-order chi connectivity index (χ1) is 8.50. The number of carbonyl (C=O) groups is 1. The zero-order chi connectivity index (χ0) is 13.3. The summed E-state index contributed by atoms with van der Waals surface area (Å²) in [7, 11) is 0.